The molecule has 1 rings (SSSR count). The van der Waals surface area contributed by atoms with Crippen molar-refractivity contribution in [1.82, 2.24) is 20.1 Å². The van der Waals surface area contributed by atoms with Gasteiger partial charge in [0, 0.05) is 0 Å². The molecule has 1 aromatic heterocycles. The minimum atomic E-state index is -0.454. The molecule has 0 saturated carbocycles. The van der Waals surface area contributed by atoms with Crippen molar-refractivity contribution in [3.05, 3.63) is 5.62 Å². The topological polar surface area (TPSA) is 114 Å². The van der Waals surface area contributed by atoms with Crippen LogP contribution in [0.3, 0.4) is 0 Å². The molecule has 0 amide bonds. The molecule has 7 heteroatoms. The van der Waals surface area contributed by atoms with Gasteiger partial charge in [-0.1, -0.05) is 9.94 Å². The van der Waals surface area contributed by atoms with Gasteiger partial charge in [0.15, 0.2) is 0 Å². The van der Waals surface area contributed by atoms with Crippen molar-refractivity contribution < 1.29 is 5.21 Å². The van der Waals surface area contributed by atoms with Gasteiger partial charge in [0.1, 0.15) is 0 Å². The summed E-state index contributed by atoms with van der Waals surface area (Å²) in [4.78, 5) is 0.238. The lowest BCUT2D eigenvalue weighted by atomic mass is 11.1. The van der Waals surface area contributed by atoms with Crippen molar-refractivity contribution in [3.63, 3.8) is 0 Å². The standard InChI is InChI=1S/C2H4N6O/c3-1-5-6-2(4)8(9)7-1/h4,9H,(H2,3,7). The zero-order valence-corrected chi connectivity index (χ0v) is 4.31. The Morgan fingerprint density at radius 1 is 1.56 bits per heavy atom. The van der Waals surface area contributed by atoms with Crippen LogP contribution in [0.25, 0.3) is 0 Å². The van der Waals surface area contributed by atoms with Crippen LogP contribution < -0.4 is 11.4 Å². The van der Waals surface area contributed by atoms with E-state index < -0.39 is 5.62 Å². The highest BCUT2D eigenvalue weighted by molar-refractivity contribution is 5.05. The fraction of sp³-hybridized carbons (Fsp3) is 0. The van der Waals surface area contributed by atoms with E-state index in [1.165, 1.54) is 0 Å². The molecule has 9 heavy (non-hydrogen) atoms. The number of anilines is 1. The Morgan fingerprint density at radius 2 is 2.22 bits per heavy atom. The van der Waals surface area contributed by atoms with Gasteiger partial charge in [-0.2, -0.15) is 0 Å². The summed E-state index contributed by atoms with van der Waals surface area (Å²) in [5, 5.41) is 24.7. The van der Waals surface area contributed by atoms with E-state index in [-0.39, 0.29) is 10.8 Å². The van der Waals surface area contributed by atoms with E-state index in [0.717, 1.165) is 0 Å². The van der Waals surface area contributed by atoms with Crippen molar-refractivity contribution in [2.75, 3.05) is 5.73 Å². The van der Waals surface area contributed by atoms with Gasteiger partial charge >= 0.3 is 0 Å². The smallest absolute Gasteiger partial charge is 0.295 e. The van der Waals surface area contributed by atoms with Gasteiger partial charge in [-0.25, -0.2) is 0 Å². The van der Waals surface area contributed by atoms with Crippen LogP contribution in [0.2, 0.25) is 0 Å². The lowest BCUT2D eigenvalue weighted by molar-refractivity contribution is 0.123. The van der Waals surface area contributed by atoms with Gasteiger partial charge < -0.3 is 10.9 Å². The summed E-state index contributed by atoms with van der Waals surface area (Å²) in [6.45, 7) is 0. The minimum Gasteiger partial charge on any atom is -0.409 e. The molecule has 0 unspecified atom stereocenters. The summed E-state index contributed by atoms with van der Waals surface area (Å²) in [5.74, 6) is -0.173. The maximum atomic E-state index is 8.54. The summed E-state index contributed by atoms with van der Waals surface area (Å²) < 4.78 is 0. The lowest BCUT2D eigenvalue weighted by Gasteiger charge is -1.91. The van der Waals surface area contributed by atoms with Crippen molar-refractivity contribution in [1.29, 1.82) is 5.41 Å². The Balaban J connectivity index is 3.34. The molecule has 7 nitrogen and oxygen atoms in total. The molecule has 4 N–H and O–H groups in total. The summed E-state index contributed by atoms with van der Waals surface area (Å²) in [5.41, 5.74) is 4.52. The van der Waals surface area contributed by atoms with Gasteiger partial charge in [0.25, 0.3) is 11.6 Å². The highest BCUT2D eigenvalue weighted by atomic mass is 16.5. The van der Waals surface area contributed by atoms with E-state index in [0.29, 0.717) is 0 Å². The predicted octanol–water partition coefficient (Wildman–Crippen LogP) is -2.03. The Hall–Kier alpha value is -1.66. The molecule has 0 radical (unpaired) electrons. The first-order chi connectivity index (χ1) is 4.20. The molecule has 48 valence electrons. The Kier molecular flexibility index (Phi) is 1.03. The van der Waals surface area contributed by atoms with E-state index in [4.69, 9.17) is 16.4 Å². The number of nitrogens with one attached hydrogen (secondary N) is 1. The number of hydrogen-bond acceptors (Lipinski definition) is 6. The van der Waals surface area contributed by atoms with E-state index in [1.807, 2.05) is 0 Å². The number of aromatic nitrogens is 4. The molecule has 0 aromatic carbocycles. The molecule has 1 heterocycles. The quantitative estimate of drug-likeness (QED) is 0.349. The molecule has 0 spiro atoms. The zero-order valence-electron chi connectivity index (χ0n) is 4.31. The second kappa shape index (κ2) is 1.69. The van der Waals surface area contributed by atoms with Gasteiger partial charge in [0.2, 0.25) is 0 Å². The second-order valence-electron chi connectivity index (χ2n) is 1.27. The monoisotopic (exact) mass is 128 g/mol. The number of nitrogens with two attached hydrogens (primary N) is 1. The van der Waals surface area contributed by atoms with Crippen LogP contribution in [0.5, 0.6) is 0 Å². The van der Waals surface area contributed by atoms with Crippen LogP contribution in [0.15, 0.2) is 0 Å². The SMILES string of the molecule is N=c1nnc(N)nn1O. The molecule has 0 aliphatic carbocycles. The van der Waals surface area contributed by atoms with Crippen LogP contribution in [0.4, 0.5) is 5.95 Å². The van der Waals surface area contributed by atoms with Crippen LogP contribution in [-0.4, -0.2) is 25.3 Å². The maximum Gasteiger partial charge on any atom is 0.295 e. The zero-order chi connectivity index (χ0) is 6.85. The molecule has 1 aromatic rings. The fourth-order valence-corrected chi connectivity index (χ4v) is 0.303. The maximum absolute atomic E-state index is 8.54. The molecule has 0 fully saturated rings. The summed E-state index contributed by atoms with van der Waals surface area (Å²) >= 11 is 0. The molecule has 0 atom stereocenters. The first-order valence-electron chi connectivity index (χ1n) is 2.03. The third-order valence-electron chi connectivity index (χ3n) is 0.634. The Labute approximate surface area is 49.2 Å². The van der Waals surface area contributed by atoms with Crippen LogP contribution in [0, 0.1) is 5.41 Å². The molecule has 0 bridgehead atoms. The largest absolute Gasteiger partial charge is 0.409 e. The van der Waals surface area contributed by atoms with Gasteiger partial charge in [-0.15, -0.1) is 10.2 Å². The third kappa shape index (κ3) is 0.929. The average Bonchev–Trinajstić information content (AvgIpc) is 1.80. The van der Waals surface area contributed by atoms with Crippen LogP contribution >= 0.6 is 0 Å². The van der Waals surface area contributed by atoms with E-state index in [1.54, 1.807) is 0 Å². The average molecular weight is 128 g/mol. The summed E-state index contributed by atoms with van der Waals surface area (Å²) in [6, 6.07) is 0. The molecular weight excluding hydrogens is 124 g/mol. The molecule has 0 saturated heterocycles. The summed E-state index contributed by atoms with van der Waals surface area (Å²) in [7, 11) is 0. The van der Waals surface area contributed by atoms with Crippen LogP contribution in [0.1, 0.15) is 0 Å². The summed E-state index contributed by atoms with van der Waals surface area (Å²) in [6.07, 6.45) is 0. The number of hydrogen-bond donors (Lipinski definition) is 3. The number of nitrogens with zero attached hydrogens (tertiary/aromatic N) is 4. The van der Waals surface area contributed by atoms with Gasteiger partial charge in [0.05, 0.1) is 0 Å². The van der Waals surface area contributed by atoms with Gasteiger partial charge in [-0.05, 0) is 0 Å². The number of rotatable bonds is 0. The first-order valence-corrected chi connectivity index (χ1v) is 2.03. The van der Waals surface area contributed by atoms with Crippen molar-refractivity contribution in [2.45, 2.75) is 0 Å². The molecular formula is C2H4N6O. The number of nitrogen functional groups attached to an aromatic ring is 1. The van der Waals surface area contributed by atoms with Crippen molar-refractivity contribution >= 4 is 5.95 Å². The Morgan fingerprint density at radius 3 is 2.67 bits per heavy atom. The van der Waals surface area contributed by atoms with Crippen molar-refractivity contribution in [3.8, 4) is 0 Å². The second-order valence-corrected chi connectivity index (χ2v) is 1.27. The van der Waals surface area contributed by atoms with E-state index >= 15 is 0 Å². The minimum absolute atomic E-state index is 0.173. The van der Waals surface area contributed by atoms with Crippen molar-refractivity contribution in [2.24, 2.45) is 0 Å². The van der Waals surface area contributed by atoms with Crippen LogP contribution in [-0.2, 0) is 0 Å². The molecule has 0 aliphatic rings. The first kappa shape index (κ1) is 5.48. The van der Waals surface area contributed by atoms with Gasteiger partial charge in [-0.3, -0.25) is 5.41 Å². The third-order valence-corrected chi connectivity index (χ3v) is 0.634. The van der Waals surface area contributed by atoms with E-state index in [2.05, 4.69) is 15.3 Å². The fourth-order valence-electron chi connectivity index (χ4n) is 0.303. The lowest BCUT2D eigenvalue weighted by Crippen LogP contribution is -2.26. The normalized spacial score (nSPS) is 9.33. The highest BCUT2D eigenvalue weighted by Gasteiger charge is 1.90. The Bertz CT molecular complexity index is 264. The predicted molar refractivity (Wildman–Crippen MR) is 25.3 cm³/mol. The van der Waals surface area contributed by atoms with E-state index in [9.17, 15) is 0 Å². The molecule has 0 aliphatic heterocycles. The highest BCUT2D eigenvalue weighted by Crippen LogP contribution is 1.73.